The quantitative estimate of drug-likeness (QED) is 0.755. The molecule has 2 N–H and O–H groups in total. The van der Waals surface area contributed by atoms with E-state index in [0.717, 1.165) is 45.2 Å². The summed E-state index contributed by atoms with van der Waals surface area (Å²) in [7, 11) is 2.05. The molecule has 2 rings (SSSR count). The molecule has 0 radical (unpaired) electrons. The highest BCUT2D eigenvalue weighted by Crippen LogP contribution is 2.29. The molecule has 0 spiro atoms. The van der Waals surface area contributed by atoms with Gasteiger partial charge in [-0.25, -0.2) is 0 Å². The van der Waals surface area contributed by atoms with Crippen LogP contribution >= 0.6 is 0 Å². The van der Waals surface area contributed by atoms with E-state index in [1.54, 1.807) is 0 Å². The van der Waals surface area contributed by atoms with Crippen LogP contribution in [0.15, 0.2) is 0 Å². The second kappa shape index (κ2) is 5.36. The molecule has 2 fully saturated rings. The fraction of sp³-hybridized carbons (Fsp3) is 0.923. The van der Waals surface area contributed by atoms with Crippen molar-refractivity contribution in [3.63, 3.8) is 0 Å². The average molecular weight is 240 g/mol. The summed E-state index contributed by atoms with van der Waals surface area (Å²) in [6.07, 6.45) is 6.92. The zero-order chi connectivity index (χ0) is 12.3. The summed E-state index contributed by atoms with van der Waals surface area (Å²) in [5.74, 6) is -0.102. The summed E-state index contributed by atoms with van der Waals surface area (Å²) in [5.41, 5.74) is 5.96. The Labute approximate surface area is 103 Å². The van der Waals surface area contributed by atoms with Gasteiger partial charge in [0, 0.05) is 18.6 Å². The molecule has 0 amide bonds. The average Bonchev–Trinajstić information content (AvgIpc) is 2.63. The van der Waals surface area contributed by atoms with Crippen LogP contribution in [0.4, 0.5) is 0 Å². The topological polar surface area (TPSA) is 55.6 Å². The van der Waals surface area contributed by atoms with Crippen molar-refractivity contribution in [1.29, 1.82) is 0 Å². The summed E-state index contributed by atoms with van der Waals surface area (Å²) in [6.45, 7) is 1.88. The number of likely N-dealkylation sites (tertiary alicyclic amines) is 1. The Morgan fingerprint density at radius 2 is 2.12 bits per heavy atom. The molecule has 2 aliphatic rings. The molecular weight excluding hydrogens is 216 g/mol. The van der Waals surface area contributed by atoms with Crippen LogP contribution in [0, 0.1) is 0 Å². The molecule has 1 aliphatic heterocycles. The van der Waals surface area contributed by atoms with E-state index in [1.807, 2.05) is 0 Å². The van der Waals surface area contributed by atoms with E-state index in [1.165, 1.54) is 6.42 Å². The van der Waals surface area contributed by atoms with Gasteiger partial charge in [-0.1, -0.05) is 19.3 Å². The van der Waals surface area contributed by atoms with Crippen LogP contribution in [0.25, 0.3) is 0 Å². The first-order valence-corrected chi connectivity index (χ1v) is 6.74. The smallest absolute Gasteiger partial charge is 0.307 e. The van der Waals surface area contributed by atoms with E-state index in [2.05, 4.69) is 11.9 Å². The Morgan fingerprint density at radius 3 is 2.71 bits per heavy atom. The van der Waals surface area contributed by atoms with E-state index < -0.39 is 0 Å². The number of carbonyl (C=O) groups excluding carboxylic acids is 1. The number of carbonyl (C=O) groups is 1. The summed E-state index contributed by atoms with van der Waals surface area (Å²) < 4.78 is 5.49. The number of hydrogen-bond acceptors (Lipinski definition) is 4. The molecule has 1 saturated carbocycles. The Bertz CT molecular complexity index is 275. The second-order valence-corrected chi connectivity index (χ2v) is 5.76. The summed E-state index contributed by atoms with van der Waals surface area (Å²) in [5, 5.41) is 0. The van der Waals surface area contributed by atoms with Crippen LogP contribution in [-0.2, 0) is 9.53 Å². The minimum Gasteiger partial charge on any atom is -0.461 e. The number of nitrogens with two attached hydrogens (primary N) is 1. The lowest BCUT2D eigenvalue weighted by Crippen LogP contribution is -2.44. The first-order chi connectivity index (χ1) is 8.07. The van der Waals surface area contributed by atoms with Crippen LogP contribution in [0.5, 0.6) is 0 Å². The van der Waals surface area contributed by atoms with E-state index in [0.29, 0.717) is 6.42 Å². The molecule has 4 nitrogen and oxygen atoms in total. The fourth-order valence-electron chi connectivity index (χ4n) is 2.94. The van der Waals surface area contributed by atoms with Crippen LogP contribution in [0.1, 0.15) is 44.9 Å². The van der Waals surface area contributed by atoms with Gasteiger partial charge in [-0.05, 0) is 26.3 Å². The van der Waals surface area contributed by atoms with Gasteiger partial charge in [-0.3, -0.25) is 4.79 Å². The summed E-state index contributed by atoms with van der Waals surface area (Å²) in [4.78, 5) is 14.0. The lowest BCUT2D eigenvalue weighted by atomic mass is 9.80. The van der Waals surface area contributed by atoms with Gasteiger partial charge in [-0.15, -0.1) is 0 Å². The number of hydrogen-bond donors (Lipinski definition) is 1. The minimum absolute atomic E-state index is 0.0830. The Kier molecular flexibility index (Phi) is 4.05. The molecule has 0 bridgehead atoms. The lowest BCUT2D eigenvalue weighted by Gasteiger charge is -2.32. The highest BCUT2D eigenvalue weighted by atomic mass is 16.5. The molecule has 0 aromatic carbocycles. The molecule has 0 aromatic heterocycles. The molecule has 17 heavy (non-hydrogen) atoms. The largest absolute Gasteiger partial charge is 0.461 e. The van der Waals surface area contributed by atoms with Gasteiger partial charge in [-0.2, -0.15) is 0 Å². The van der Waals surface area contributed by atoms with E-state index >= 15 is 0 Å². The van der Waals surface area contributed by atoms with Gasteiger partial charge >= 0.3 is 5.97 Å². The maximum Gasteiger partial charge on any atom is 0.307 e. The van der Waals surface area contributed by atoms with Crippen molar-refractivity contribution in [1.82, 2.24) is 4.90 Å². The van der Waals surface area contributed by atoms with Crippen molar-refractivity contribution < 1.29 is 9.53 Å². The van der Waals surface area contributed by atoms with Gasteiger partial charge in [0.2, 0.25) is 0 Å². The van der Waals surface area contributed by atoms with Crippen molar-refractivity contribution >= 4 is 5.97 Å². The van der Waals surface area contributed by atoms with E-state index in [4.69, 9.17) is 10.5 Å². The third-order valence-electron chi connectivity index (χ3n) is 3.99. The van der Waals surface area contributed by atoms with Crippen LogP contribution in [-0.4, -0.2) is 42.6 Å². The second-order valence-electron chi connectivity index (χ2n) is 5.76. The highest BCUT2D eigenvalue weighted by molar-refractivity contribution is 5.71. The van der Waals surface area contributed by atoms with Crippen LogP contribution in [0.2, 0.25) is 0 Å². The van der Waals surface area contributed by atoms with Gasteiger partial charge in [0.1, 0.15) is 6.10 Å². The predicted molar refractivity (Wildman–Crippen MR) is 66.6 cm³/mol. The number of esters is 1. The van der Waals surface area contributed by atoms with E-state index in [9.17, 15) is 4.79 Å². The molecule has 4 heteroatoms. The molecule has 1 aliphatic carbocycles. The fourth-order valence-corrected chi connectivity index (χ4v) is 2.94. The van der Waals surface area contributed by atoms with Crippen molar-refractivity contribution in [3.8, 4) is 0 Å². The Morgan fingerprint density at radius 1 is 1.41 bits per heavy atom. The number of rotatable bonds is 3. The SMILES string of the molecule is CN1CCC(OC(=O)CC2(N)CCCCC2)C1. The first kappa shape index (κ1) is 12.8. The Hall–Kier alpha value is -0.610. The molecule has 1 saturated heterocycles. The van der Waals surface area contributed by atoms with Gasteiger partial charge in [0.25, 0.3) is 0 Å². The highest BCUT2D eigenvalue weighted by Gasteiger charge is 2.32. The molecule has 1 heterocycles. The van der Waals surface area contributed by atoms with Crippen LogP contribution < -0.4 is 5.73 Å². The van der Waals surface area contributed by atoms with Gasteiger partial charge in [0.15, 0.2) is 0 Å². The number of likely N-dealkylation sites (N-methyl/N-ethyl adjacent to an activating group) is 1. The van der Waals surface area contributed by atoms with Crippen molar-refractivity contribution in [3.05, 3.63) is 0 Å². The monoisotopic (exact) mass is 240 g/mol. The third kappa shape index (κ3) is 3.68. The normalized spacial score (nSPS) is 29.2. The zero-order valence-electron chi connectivity index (χ0n) is 10.8. The molecule has 1 atom stereocenters. The summed E-state index contributed by atoms with van der Waals surface area (Å²) in [6, 6.07) is 0. The molecule has 0 aromatic rings. The van der Waals surface area contributed by atoms with Gasteiger partial charge in [0.05, 0.1) is 6.42 Å². The maximum absolute atomic E-state index is 11.9. The van der Waals surface area contributed by atoms with Crippen molar-refractivity contribution in [2.45, 2.75) is 56.6 Å². The van der Waals surface area contributed by atoms with Gasteiger partial charge < -0.3 is 15.4 Å². The standard InChI is InChI=1S/C13H24N2O2/c1-15-8-5-11(10-15)17-12(16)9-13(14)6-3-2-4-7-13/h11H,2-10,14H2,1H3. The lowest BCUT2D eigenvalue weighted by molar-refractivity contribution is -0.150. The molecule has 1 unspecified atom stereocenters. The third-order valence-corrected chi connectivity index (χ3v) is 3.99. The molecular formula is C13H24N2O2. The van der Waals surface area contributed by atoms with E-state index in [-0.39, 0.29) is 17.6 Å². The number of ether oxygens (including phenoxy) is 1. The Balaban J connectivity index is 1.76. The molecule has 98 valence electrons. The number of nitrogens with zero attached hydrogens (tertiary/aromatic N) is 1. The van der Waals surface area contributed by atoms with Crippen molar-refractivity contribution in [2.24, 2.45) is 5.73 Å². The van der Waals surface area contributed by atoms with Crippen molar-refractivity contribution in [2.75, 3.05) is 20.1 Å². The van der Waals surface area contributed by atoms with Crippen LogP contribution in [0.3, 0.4) is 0 Å². The first-order valence-electron chi connectivity index (χ1n) is 6.74. The minimum atomic E-state index is -0.292. The maximum atomic E-state index is 11.9. The summed E-state index contributed by atoms with van der Waals surface area (Å²) >= 11 is 0. The zero-order valence-corrected chi connectivity index (χ0v) is 10.8. The predicted octanol–water partition coefficient (Wildman–Crippen LogP) is 1.29.